The topological polar surface area (TPSA) is 72.9 Å². The molecule has 0 radical (unpaired) electrons. The van der Waals surface area contributed by atoms with Crippen molar-refractivity contribution >= 4 is 23.6 Å². The van der Waals surface area contributed by atoms with Crippen LogP contribution in [-0.2, 0) is 11.0 Å². The van der Waals surface area contributed by atoms with Crippen molar-refractivity contribution in [2.45, 2.75) is 6.18 Å². The first-order valence-electron chi connectivity index (χ1n) is 9.22. The minimum atomic E-state index is -4.44. The second kappa shape index (κ2) is 9.00. The van der Waals surface area contributed by atoms with Crippen molar-refractivity contribution in [3.8, 4) is 0 Å². The number of amides is 2. The van der Waals surface area contributed by atoms with Gasteiger partial charge in [-0.15, -0.1) is 0 Å². The van der Waals surface area contributed by atoms with Gasteiger partial charge in [0.15, 0.2) is 0 Å². The number of carbonyl (C=O) groups is 2. The van der Waals surface area contributed by atoms with E-state index in [1.54, 1.807) is 11.0 Å². The van der Waals surface area contributed by atoms with Crippen LogP contribution in [0.25, 0.3) is 6.08 Å². The highest BCUT2D eigenvalue weighted by Crippen LogP contribution is 2.29. The molecule has 1 heterocycles. The van der Waals surface area contributed by atoms with Crippen LogP contribution in [0.4, 0.5) is 18.9 Å². The second-order valence-electron chi connectivity index (χ2n) is 6.72. The second-order valence-corrected chi connectivity index (χ2v) is 6.72. The maximum absolute atomic E-state index is 12.7. The lowest BCUT2D eigenvalue weighted by atomic mass is 10.1. The molecular weight excluding hydrogens is 399 g/mol. The van der Waals surface area contributed by atoms with E-state index in [4.69, 9.17) is 5.21 Å². The quantitative estimate of drug-likeness (QED) is 0.454. The van der Waals surface area contributed by atoms with Crippen molar-refractivity contribution < 1.29 is 28.0 Å². The molecule has 2 N–H and O–H groups in total. The first-order valence-corrected chi connectivity index (χ1v) is 9.22. The number of hydrogen-bond acceptors (Lipinski definition) is 4. The molecule has 1 aliphatic heterocycles. The molecule has 1 saturated heterocycles. The summed E-state index contributed by atoms with van der Waals surface area (Å²) in [7, 11) is 0. The average molecular weight is 419 g/mol. The number of para-hydroxylation sites is 1. The Morgan fingerprint density at radius 3 is 2.20 bits per heavy atom. The third-order valence-corrected chi connectivity index (χ3v) is 4.83. The summed E-state index contributed by atoms with van der Waals surface area (Å²) < 4.78 is 38.1. The molecule has 3 rings (SSSR count). The Morgan fingerprint density at radius 1 is 0.967 bits per heavy atom. The number of anilines is 1. The van der Waals surface area contributed by atoms with E-state index in [-0.39, 0.29) is 11.5 Å². The first-order chi connectivity index (χ1) is 14.3. The SMILES string of the molecule is O=C(/C=C/c1ccccc1N1CCN(C(=O)c2ccc(C(F)(F)F)cc2)CC1)NO. The van der Waals surface area contributed by atoms with Crippen LogP contribution in [0.15, 0.2) is 54.6 Å². The highest BCUT2D eigenvalue weighted by atomic mass is 19.4. The van der Waals surface area contributed by atoms with Gasteiger partial charge in [0.05, 0.1) is 5.56 Å². The zero-order valence-electron chi connectivity index (χ0n) is 15.9. The van der Waals surface area contributed by atoms with E-state index in [2.05, 4.69) is 4.90 Å². The number of piperazine rings is 1. The van der Waals surface area contributed by atoms with Crippen LogP contribution >= 0.6 is 0 Å². The molecule has 2 aromatic rings. The summed E-state index contributed by atoms with van der Waals surface area (Å²) in [6.45, 7) is 1.89. The summed E-state index contributed by atoms with van der Waals surface area (Å²) in [6.07, 6.45) is -1.64. The maximum Gasteiger partial charge on any atom is 0.416 e. The van der Waals surface area contributed by atoms with Gasteiger partial charge in [0, 0.05) is 43.5 Å². The number of hydroxylamine groups is 1. The van der Waals surface area contributed by atoms with Crippen LogP contribution in [-0.4, -0.2) is 48.1 Å². The summed E-state index contributed by atoms with van der Waals surface area (Å²) in [4.78, 5) is 27.5. The number of rotatable bonds is 4. The van der Waals surface area contributed by atoms with Gasteiger partial charge in [0.2, 0.25) is 0 Å². The Morgan fingerprint density at radius 2 is 1.60 bits per heavy atom. The molecule has 0 aliphatic carbocycles. The van der Waals surface area contributed by atoms with Crippen molar-refractivity contribution in [2.24, 2.45) is 0 Å². The molecule has 30 heavy (non-hydrogen) atoms. The van der Waals surface area contributed by atoms with Gasteiger partial charge in [-0.05, 0) is 42.0 Å². The molecule has 1 aliphatic rings. The van der Waals surface area contributed by atoms with Crippen LogP contribution < -0.4 is 10.4 Å². The van der Waals surface area contributed by atoms with Gasteiger partial charge < -0.3 is 9.80 Å². The number of alkyl halides is 3. The molecule has 0 bridgehead atoms. The van der Waals surface area contributed by atoms with Crippen LogP contribution in [0.5, 0.6) is 0 Å². The van der Waals surface area contributed by atoms with Crippen molar-refractivity contribution in [3.63, 3.8) is 0 Å². The third kappa shape index (κ3) is 4.98. The summed E-state index contributed by atoms with van der Waals surface area (Å²) >= 11 is 0. The van der Waals surface area contributed by atoms with Gasteiger partial charge in [0.1, 0.15) is 0 Å². The van der Waals surface area contributed by atoms with E-state index >= 15 is 0 Å². The molecule has 6 nitrogen and oxygen atoms in total. The first kappa shape index (κ1) is 21.4. The molecule has 0 aromatic heterocycles. The average Bonchev–Trinajstić information content (AvgIpc) is 2.76. The molecule has 1 fully saturated rings. The van der Waals surface area contributed by atoms with Crippen LogP contribution in [0.1, 0.15) is 21.5 Å². The molecule has 9 heteroatoms. The van der Waals surface area contributed by atoms with Gasteiger partial charge in [-0.2, -0.15) is 13.2 Å². The molecular formula is C21H20F3N3O3. The summed E-state index contributed by atoms with van der Waals surface area (Å²) in [5.74, 6) is -0.951. The van der Waals surface area contributed by atoms with Crippen LogP contribution in [0.3, 0.4) is 0 Å². The smallest absolute Gasteiger partial charge is 0.367 e. The Hall–Kier alpha value is -3.33. The zero-order chi connectivity index (χ0) is 21.7. The number of benzene rings is 2. The number of carbonyl (C=O) groups excluding carboxylic acids is 2. The van der Waals surface area contributed by atoms with Gasteiger partial charge >= 0.3 is 6.18 Å². The standard InChI is InChI=1S/C21H20F3N3O3/c22-21(23,24)17-8-5-16(6-9-17)20(29)27-13-11-26(12-14-27)18-4-2-1-3-15(18)7-10-19(28)25-30/h1-10,30H,11-14H2,(H,25,28)/b10-7+. The van der Waals surface area contributed by atoms with Gasteiger partial charge in [-0.3, -0.25) is 14.8 Å². The minimum absolute atomic E-state index is 0.217. The van der Waals surface area contributed by atoms with Crippen LogP contribution in [0, 0.1) is 0 Å². The number of nitrogens with one attached hydrogen (secondary N) is 1. The lowest BCUT2D eigenvalue weighted by Gasteiger charge is -2.37. The van der Waals surface area contributed by atoms with E-state index < -0.39 is 17.6 Å². The van der Waals surface area contributed by atoms with Crippen molar-refractivity contribution in [2.75, 3.05) is 31.1 Å². The maximum atomic E-state index is 12.7. The summed E-state index contributed by atoms with van der Waals surface area (Å²) in [5, 5.41) is 8.61. The number of nitrogens with zero attached hydrogens (tertiary/aromatic N) is 2. The van der Waals surface area contributed by atoms with Gasteiger partial charge in [0.25, 0.3) is 11.8 Å². The predicted octanol–water partition coefficient (Wildman–Crippen LogP) is 3.19. The van der Waals surface area contributed by atoms with Crippen LogP contribution in [0.2, 0.25) is 0 Å². The Kier molecular flexibility index (Phi) is 6.41. The van der Waals surface area contributed by atoms with E-state index in [0.717, 1.165) is 23.4 Å². The Bertz CT molecular complexity index is 935. The zero-order valence-corrected chi connectivity index (χ0v) is 15.9. The van der Waals surface area contributed by atoms with Crippen molar-refractivity contribution in [1.82, 2.24) is 10.4 Å². The van der Waals surface area contributed by atoms with E-state index in [0.29, 0.717) is 26.2 Å². The van der Waals surface area contributed by atoms with Gasteiger partial charge in [-0.1, -0.05) is 18.2 Å². The predicted molar refractivity (Wildman–Crippen MR) is 105 cm³/mol. The number of halogens is 3. The molecule has 0 saturated carbocycles. The highest BCUT2D eigenvalue weighted by Gasteiger charge is 2.30. The van der Waals surface area contributed by atoms with E-state index in [1.165, 1.54) is 23.7 Å². The Labute approximate surface area is 171 Å². The Balaban J connectivity index is 1.66. The molecule has 0 unspecified atom stereocenters. The van der Waals surface area contributed by atoms with Crippen molar-refractivity contribution in [1.29, 1.82) is 0 Å². The fraction of sp³-hybridized carbons (Fsp3) is 0.238. The third-order valence-electron chi connectivity index (χ3n) is 4.83. The molecule has 158 valence electrons. The number of hydrogen-bond donors (Lipinski definition) is 2. The molecule has 2 amide bonds. The largest absolute Gasteiger partial charge is 0.416 e. The monoisotopic (exact) mass is 419 g/mol. The normalized spacial score (nSPS) is 14.8. The fourth-order valence-electron chi connectivity index (χ4n) is 3.25. The highest BCUT2D eigenvalue weighted by molar-refractivity contribution is 5.94. The molecule has 0 atom stereocenters. The van der Waals surface area contributed by atoms with E-state index in [1.807, 2.05) is 24.3 Å². The molecule has 2 aromatic carbocycles. The summed E-state index contributed by atoms with van der Waals surface area (Å²) in [6, 6.07) is 11.6. The van der Waals surface area contributed by atoms with Crippen molar-refractivity contribution in [3.05, 3.63) is 71.3 Å². The molecule has 0 spiro atoms. The fourth-order valence-corrected chi connectivity index (χ4v) is 3.25. The van der Waals surface area contributed by atoms with Gasteiger partial charge in [-0.25, -0.2) is 5.48 Å². The lowest BCUT2D eigenvalue weighted by Crippen LogP contribution is -2.49. The van der Waals surface area contributed by atoms with E-state index in [9.17, 15) is 22.8 Å². The minimum Gasteiger partial charge on any atom is -0.367 e. The summed E-state index contributed by atoms with van der Waals surface area (Å²) in [5.41, 5.74) is 2.62. The lowest BCUT2D eigenvalue weighted by molar-refractivity contribution is -0.137.